The Bertz CT molecular complexity index is 1040. The summed E-state index contributed by atoms with van der Waals surface area (Å²) in [4.78, 5) is 37.6. The van der Waals surface area contributed by atoms with Gasteiger partial charge in [-0.15, -0.1) is 0 Å². The molecule has 2 aromatic rings. The first-order valence-electron chi connectivity index (χ1n) is 9.07. The number of nitrogens with one attached hydrogen (secondary N) is 1. The van der Waals surface area contributed by atoms with Crippen LogP contribution in [0.4, 0.5) is 22.4 Å². The molecule has 0 bridgehead atoms. The third-order valence-electron chi connectivity index (χ3n) is 4.32. The first-order valence-corrected chi connectivity index (χ1v) is 9.89. The number of nitrogens with zero attached hydrogens (tertiary/aromatic N) is 1. The zero-order valence-corrected chi connectivity index (χ0v) is 16.7. The Morgan fingerprint density at radius 1 is 1.10 bits per heavy atom. The van der Waals surface area contributed by atoms with E-state index >= 15 is 0 Å². The lowest BCUT2D eigenvalue weighted by Gasteiger charge is -2.13. The molecule has 0 aromatic heterocycles. The van der Waals surface area contributed by atoms with E-state index in [9.17, 15) is 31.9 Å². The summed E-state index contributed by atoms with van der Waals surface area (Å²) in [7, 11) is 0. The summed E-state index contributed by atoms with van der Waals surface area (Å²) in [6, 6.07) is 9.85. The van der Waals surface area contributed by atoms with E-state index in [1.165, 1.54) is 42.5 Å². The summed E-state index contributed by atoms with van der Waals surface area (Å²) >= 11 is 0.732. The van der Waals surface area contributed by atoms with E-state index < -0.39 is 34.6 Å². The highest BCUT2D eigenvalue weighted by molar-refractivity contribution is 8.18. The van der Waals surface area contributed by atoms with Crippen LogP contribution >= 0.6 is 11.8 Å². The second-order valence-electron chi connectivity index (χ2n) is 6.61. The zero-order valence-electron chi connectivity index (χ0n) is 15.9. The van der Waals surface area contributed by atoms with Crippen molar-refractivity contribution in [3.8, 4) is 0 Å². The molecule has 0 spiro atoms. The zero-order chi connectivity index (χ0) is 22.6. The van der Waals surface area contributed by atoms with Crippen LogP contribution in [-0.2, 0) is 22.2 Å². The molecule has 1 aliphatic rings. The molecule has 162 valence electrons. The number of rotatable bonds is 6. The van der Waals surface area contributed by atoms with Gasteiger partial charge in [0.15, 0.2) is 0 Å². The summed E-state index contributed by atoms with van der Waals surface area (Å²) in [5.74, 6) is -1.49. The number of benzene rings is 2. The molecule has 0 unspecified atom stereocenters. The molecular weight excluding hydrogens is 436 g/mol. The quantitative estimate of drug-likeness (QED) is 0.526. The van der Waals surface area contributed by atoms with Crippen molar-refractivity contribution in [2.75, 3.05) is 13.1 Å². The Hall–Kier alpha value is -3.14. The molecule has 1 aliphatic heterocycles. The summed E-state index contributed by atoms with van der Waals surface area (Å²) in [5, 5.41) is 1.98. The number of hydrogen-bond acceptors (Lipinski definition) is 4. The van der Waals surface area contributed by atoms with Crippen LogP contribution in [-0.4, -0.2) is 35.0 Å². The van der Waals surface area contributed by atoms with Crippen LogP contribution in [0.3, 0.4) is 0 Å². The van der Waals surface area contributed by atoms with Crippen molar-refractivity contribution in [1.82, 2.24) is 10.2 Å². The standard InChI is InChI=1S/C21H16F4N2O3S/c22-16-6-4-13(5-7-16)11-17-19(29)27(20(30)31-17)9-8-26-18(28)12-14-2-1-3-15(10-14)21(23,24)25/h1-7,10-11H,8-9,12H2,(H,26,28)/b17-11-. The van der Waals surface area contributed by atoms with Crippen LogP contribution < -0.4 is 5.32 Å². The van der Waals surface area contributed by atoms with Crippen LogP contribution in [0.1, 0.15) is 16.7 Å². The average molecular weight is 452 g/mol. The van der Waals surface area contributed by atoms with E-state index in [2.05, 4.69) is 5.32 Å². The van der Waals surface area contributed by atoms with E-state index in [1.807, 2.05) is 0 Å². The molecular formula is C21H16F4N2O3S. The SMILES string of the molecule is O=C(Cc1cccc(C(F)(F)F)c1)NCCN1C(=O)S/C(=C\c2ccc(F)cc2)C1=O. The lowest BCUT2D eigenvalue weighted by molar-refractivity contribution is -0.137. The summed E-state index contributed by atoms with van der Waals surface area (Å²) < 4.78 is 51.2. The smallest absolute Gasteiger partial charge is 0.354 e. The Morgan fingerprint density at radius 3 is 2.48 bits per heavy atom. The minimum absolute atomic E-state index is 0.0420. The molecule has 10 heteroatoms. The van der Waals surface area contributed by atoms with Crippen LogP contribution in [0, 0.1) is 5.82 Å². The highest BCUT2D eigenvalue weighted by Gasteiger charge is 2.34. The summed E-state index contributed by atoms with van der Waals surface area (Å²) in [6.45, 7) is -0.126. The minimum Gasteiger partial charge on any atom is -0.354 e. The van der Waals surface area contributed by atoms with E-state index in [1.54, 1.807) is 0 Å². The summed E-state index contributed by atoms with van der Waals surface area (Å²) in [6.07, 6.45) is -3.30. The van der Waals surface area contributed by atoms with Crippen LogP contribution in [0.5, 0.6) is 0 Å². The van der Waals surface area contributed by atoms with Gasteiger partial charge in [-0.05, 0) is 47.2 Å². The van der Waals surface area contributed by atoms with Crippen molar-refractivity contribution >= 4 is 34.9 Å². The van der Waals surface area contributed by atoms with Crippen LogP contribution in [0.2, 0.25) is 0 Å². The van der Waals surface area contributed by atoms with E-state index in [-0.39, 0.29) is 30.0 Å². The van der Waals surface area contributed by atoms with Gasteiger partial charge in [-0.25, -0.2) is 4.39 Å². The Kier molecular flexibility index (Phi) is 6.79. The predicted octanol–water partition coefficient (Wildman–Crippen LogP) is 4.24. The molecule has 0 saturated carbocycles. The molecule has 31 heavy (non-hydrogen) atoms. The van der Waals surface area contributed by atoms with Gasteiger partial charge in [0.1, 0.15) is 5.82 Å². The van der Waals surface area contributed by atoms with E-state index in [0.29, 0.717) is 5.56 Å². The second-order valence-corrected chi connectivity index (χ2v) is 7.60. The molecule has 1 N–H and O–H groups in total. The number of carbonyl (C=O) groups excluding carboxylic acids is 3. The number of thioether (sulfide) groups is 1. The molecule has 3 rings (SSSR count). The third-order valence-corrected chi connectivity index (χ3v) is 5.23. The highest BCUT2D eigenvalue weighted by atomic mass is 32.2. The normalized spacial score (nSPS) is 15.6. The van der Waals surface area contributed by atoms with Gasteiger partial charge in [0.05, 0.1) is 16.9 Å². The largest absolute Gasteiger partial charge is 0.416 e. The molecule has 1 saturated heterocycles. The monoisotopic (exact) mass is 452 g/mol. The van der Waals surface area contributed by atoms with Crippen molar-refractivity contribution < 1.29 is 31.9 Å². The van der Waals surface area contributed by atoms with Gasteiger partial charge in [-0.1, -0.05) is 30.3 Å². The van der Waals surface area contributed by atoms with Gasteiger partial charge in [0, 0.05) is 13.1 Å². The fourth-order valence-corrected chi connectivity index (χ4v) is 3.68. The van der Waals surface area contributed by atoms with Crippen molar-refractivity contribution in [3.63, 3.8) is 0 Å². The topological polar surface area (TPSA) is 66.5 Å². The van der Waals surface area contributed by atoms with Crippen molar-refractivity contribution in [2.24, 2.45) is 0 Å². The molecule has 2 aromatic carbocycles. The fraction of sp³-hybridized carbons (Fsp3) is 0.190. The Labute approximate surface area is 179 Å². The van der Waals surface area contributed by atoms with Crippen LogP contribution in [0.15, 0.2) is 53.4 Å². The van der Waals surface area contributed by atoms with E-state index in [4.69, 9.17) is 0 Å². The second kappa shape index (κ2) is 9.34. The van der Waals surface area contributed by atoms with Gasteiger partial charge < -0.3 is 5.32 Å². The Morgan fingerprint density at radius 2 is 1.81 bits per heavy atom. The Balaban J connectivity index is 1.53. The molecule has 0 radical (unpaired) electrons. The number of hydrogen-bond donors (Lipinski definition) is 1. The fourth-order valence-electron chi connectivity index (χ4n) is 2.82. The molecule has 0 aliphatic carbocycles. The molecule has 1 fully saturated rings. The number of amides is 3. The van der Waals surface area contributed by atoms with Crippen molar-refractivity contribution in [3.05, 3.63) is 75.9 Å². The molecule has 3 amide bonds. The number of halogens is 4. The van der Waals surface area contributed by atoms with Gasteiger partial charge >= 0.3 is 6.18 Å². The maximum atomic E-state index is 13.0. The van der Waals surface area contributed by atoms with Gasteiger partial charge in [0.25, 0.3) is 11.1 Å². The summed E-state index contributed by atoms with van der Waals surface area (Å²) in [5.41, 5.74) is -0.0921. The number of imide groups is 1. The van der Waals surface area contributed by atoms with Crippen LogP contribution in [0.25, 0.3) is 6.08 Å². The average Bonchev–Trinajstić information content (AvgIpc) is 2.96. The molecule has 0 atom stereocenters. The highest BCUT2D eigenvalue weighted by Crippen LogP contribution is 2.32. The van der Waals surface area contributed by atoms with Gasteiger partial charge in [-0.2, -0.15) is 13.2 Å². The number of alkyl halides is 3. The predicted molar refractivity (Wildman–Crippen MR) is 107 cm³/mol. The van der Waals surface area contributed by atoms with Crippen molar-refractivity contribution in [1.29, 1.82) is 0 Å². The molecule has 5 nitrogen and oxygen atoms in total. The maximum Gasteiger partial charge on any atom is 0.416 e. The van der Waals surface area contributed by atoms with Gasteiger partial charge in [-0.3, -0.25) is 19.3 Å². The maximum absolute atomic E-state index is 13.0. The third kappa shape index (κ3) is 5.94. The number of carbonyl (C=O) groups is 3. The van der Waals surface area contributed by atoms with E-state index in [0.717, 1.165) is 28.8 Å². The van der Waals surface area contributed by atoms with Gasteiger partial charge in [0.2, 0.25) is 5.91 Å². The lowest BCUT2D eigenvalue weighted by atomic mass is 10.1. The minimum atomic E-state index is -4.50. The van der Waals surface area contributed by atoms with Crippen molar-refractivity contribution in [2.45, 2.75) is 12.6 Å². The lowest BCUT2D eigenvalue weighted by Crippen LogP contribution is -2.37. The first kappa shape index (κ1) is 22.5. The molecule has 1 heterocycles. The first-order chi connectivity index (χ1) is 14.6.